The monoisotopic (exact) mass is 394 g/mol. The van der Waals surface area contributed by atoms with E-state index in [0.717, 1.165) is 33.9 Å². The first-order valence-corrected chi connectivity index (χ1v) is 10.7. The molecule has 0 aliphatic heterocycles. The number of thioether (sulfide) groups is 1. The maximum Gasteiger partial charge on any atom is 0.234 e. The van der Waals surface area contributed by atoms with Crippen LogP contribution in [0.5, 0.6) is 0 Å². The van der Waals surface area contributed by atoms with E-state index in [1.807, 2.05) is 6.92 Å². The quantitative estimate of drug-likeness (QED) is 0.521. The first-order chi connectivity index (χ1) is 13.1. The predicted octanol–water partition coefficient (Wildman–Crippen LogP) is 4.48. The number of rotatable bonds is 4. The number of hydrogen-bond donors (Lipinski definition) is 1. The van der Waals surface area contributed by atoms with Gasteiger partial charge in [-0.25, -0.2) is 9.97 Å². The third-order valence-corrected chi connectivity index (χ3v) is 6.69. The number of nitriles is 1. The number of thiophene rings is 1. The highest BCUT2D eigenvalue weighted by molar-refractivity contribution is 8.00. The summed E-state index contributed by atoms with van der Waals surface area (Å²) in [5, 5.41) is 13.8. The van der Waals surface area contributed by atoms with Crippen molar-refractivity contribution in [2.45, 2.75) is 37.6 Å². The molecule has 0 fully saturated rings. The van der Waals surface area contributed by atoms with Crippen LogP contribution in [0, 0.1) is 18.3 Å². The fourth-order valence-corrected chi connectivity index (χ4v) is 5.56. The van der Waals surface area contributed by atoms with Crippen molar-refractivity contribution >= 4 is 44.9 Å². The Bertz CT molecular complexity index is 1050. The van der Waals surface area contributed by atoms with Crippen molar-refractivity contribution in [1.82, 2.24) is 9.97 Å². The topological polar surface area (TPSA) is 78.7 Å². The number of carbonyl (C=O) groups is 1. The predicted molar refractivity (Wildman–Crippen MR) is 109 cm³/mol. The maximum atomic E-state index is 12.4. The number of anilines is 1. The molecule has 0 saturated heterocycles. The van der Waals surface area contributed by atoms with Gasteiger partial charge in [0.2, 0.25) is 5.91 Å². The first kappa shape index (κ1) is 18.0. The lowest BCUT2D eigenvalue weighted by atomic mass is 9.97. The molecular formula is C20H18N4OS2. The van der Waals surface area contributed by atoms with Crippen LogP contribution in [0.4, 0.5) is 5.69 Å². The number of nitrogens with zero attached hydrogens (tertiary/aromatic N) is 3. The summed E-state index contributed by atoms with van der Waals surface area (Å²) in [4.78, 5) is 24.1. The molecule has 4 rings (SSSR count). The lowest BCUT2D eigenvalue weighted by molar-refractivity contribution is -0.113. The summed E-state index contributed by atoms with van der Waals surface area (Å²) in [7, 11) is 0. The van der Waals surface area contributed by atoms with Gasteiger partial charge in [-0.2, -0.15) is 5.26 Å². The third kappa shape index (κ3) is 3.82. The number of aryl methyl sites for hydroxylation is 3. The Morgan fingerprint density at radius 2 is 2.04 bits per heavy atom. The summed E-state index contributed by atoms with van der Waals surface area (Å²) in [5.74, 6) is 0.949. The smallest absolute Gasteiger partial charge is 0.234 e. The lowest BCUT2D eigenvalue weighted by Gasteiger charge is -2.12. The van der Waals surface area contributed by atoms with Gasteiger partial charge in [-0.15, -0.1) is 11.3 Å². The Kier molecular flexibility index (Phi) is 5.10. The fraction of sp³-hybridized carbons (Fsp3) is 0.300. The van der Waals surface area contributed by atoms with Gasteiger partial charge < -0.3 is 5.32 Å². The molecule has 27 heavy (non-hydrogen) atoms. The highest BCUT2D eigenvalue weighted by atomic mass is 32.2. The molecule has 0 unspecified atom stereocenters. The van der Waals surface area contributed by atoms with Crippen LogP contribution in [0.15, 0.2) is 29.3 Å². The average molecular weight is 395 g/mol. The molecule has 5 nitrogen and oxygen atoms in total. The maximum absolute atomic E-state index is 12.4. The van der Waals surface area contributed by atoms with Crippen LogP contribution < -0.4 is 5.32 Å². The van der Waals surface area contributed by atoms with Gasteiger partial charge in [0.05, 0.1) is 17.4 Å². The molecule has 1 aliphatic carbocycles. The van der Waals surface area contributed by atoms with E-state index in [1.54, 1.807) is 35.6 Å². The number of amides is 1. The van der Waals surface area contributed by atoms with Crippen LogP contribution in [0.3, 0.4) is 0 Å². The second-order valence-corrected chi connectivity index (χ2v) is 8.54. The first-order valence-electron chi connectivity index (χ1n) is 8.86. The Morgan fingerprint density at radius 3 is 2.81 bits per heavy atom. The van der Waals surface area contributed by atoms with Crippen molar-refractivity contribution in [3.8, 4) is 6.07 Å². The van der Waals surface area contributed by atoms with Crippen molar-refractivity contribution in [1.29, 1.82) is 5.26 Å². The van der Waals surface area contributed by atoms with Crippen LogP contribution in [0.1, 0.15) is 34.7 Å². The molecular weight excluding hydrogens is 376 g/mol. The molecule has 0 atom stereocenters. The third-order valence-electron chi connectivity index (χ3n) is 4.53. The Hall–Kier alpha value is -2.43. The molecule has 1 aromatic carbocycles. The molecule has 7 heteroatoms. The van der Waals surface area contributed by atoms with Gasteiger partial charge in [-0.05, 0) is 62.4 Å². The van der Waals surface area contributed by atoms with Gasteiger partial charge >= 0.3 is 0 Å². The molecule has 3 aromatic rings. The van der Waals surface area contributed by atoms with Crippen molar-refractivity contribution < 1.29 is 4.79 Å². The minimum atomic E-state index is -0.0850. The SMILES string of the molecule is Cc1nc(SCC(=O)Nc2ccc(C#N)cc2)c2c3c(sc2n1)CCCC3. The van der Waals surface area contributed by atoms with Crippen LogP contribution in [0.25, 0.3) is 10.2 Å². The minimum absolute atomic E-state index is 0.0850. The van der Waals surface area contributed by atoms with Gasteiger partial charge in [0, 0.05) is 16.0 Å². The number of carbonyl (C=O) groups excluding carboxylic acids is 1. The van der Waals surface area contributed by atoms with E-state index in [9.17, 15) is 4.79 Å². The zero-order chi connectivity index (χ0) is 18.8. The fourth-order valence-electron chi connectivity index (χ4n) is 3.29. The van der Waals surface area contributed by atoms with Gasteiger partial charge in [-0.3, -0.25) is 4.79 Å². The summed E-state index contributed by atoms with van der Waals surface area (Å²) in [5.41, 5.74) is 2.65. The number of hydrogen-bond acceptors (Lipinski definition) is 6. The Morgan fingerprint density at radius 1 is 1.26 bits per heavy atom. The standard InChI is InChI=1S/C20H18N4OS2/c1-12-22-19(18-15-4-2-3-5-16(15)27-20(18)23-12)26-11-17(25)24-14-8-6-13(10-21)7-9-14/h6-9H,2-5,11H2,1H3,(H,24,25). The van der Waals surface area contributed by atoms with Gasteiger partial charge in [0.15, 0.2) is 0 Å². The van der Waals surface area contributed by atoms with Gasteiger partial charge in [0.25, 0.3) is 0 Å². The molecule has 0 saturated carbocycles. The van der Waals surface area contributed by atoms with E-state index < -0.39 is 0 Å². The van der Waals surface area contributed by atoms with E-state index in [1.165, 1.54) is 35.0 Å². The molecule has 2 aromatic heterocycles. The largest absolute Gasteiger partial charge is 0.325 e. The molecule has 2 heterocycles. The van der Waals surface area contributed by atoms with E-state index in [4.69, 9.17) is 5.26 Å². The highest BCUT2D eigenvalue weighted by Crippen LogP contribution is 2.39. The van der Waals surface area contributed by atoms with E-state index in [2.05, 4.69) is 21.4 Å². The van der Waals surface area contributed by atoms with Gasteiger partial charge in [0.1, 0.15) is 15.7 Å². The minimum Gasteiger partial charge on any atom is -0.325 e. The highest BCUT2D eigenvalue weighted by Gasteiger charge is 2.21. The molecule has 0 spiro atoms. The zero-order valence-corrected chi connectivity index (χ0v) is 16.5. The molecule has 1 amide bonds. The van der Waals surface area contributed by atoms with Crippen molar-refractivity contribution in [2.24, 2.45) is 0 Å². The molecule has 1 aliphatic rings. The van der Waals surface area contributed by atoms with Crippen LogP contribution in [-0.2, 0) is 17.6 Å². The van der Waals surface area contributed by atoms with Gasteiger partial charge in [-0.1, -0.05) is 11.8 Å². The van der Waals surface area contributed by atoms with E-state index >= 15 is 0 Å². The van der Waals surface area contributed by atoms with Crippen LogP contribution >= 0.6 is 23.1 Å². The Balaban J connectivity index is 1.52. The lowest BCUT2D eigenvalue weighted by Crippen LogP contribution is -2.14. The molecule has 136 valence electrons. The second-order valence-electron chi connectivity index (χ2n) is 6.49. The summed E-state index contributed by atoms with van der Waals surface area (Å²) in [6.45, 7) is 1.90. The number of aromatic nitrogens is 2. The van der Waals surface area contributed by atoms with Crippen LogP contribution in [-0.4, -0.2) is 21.6 Å². The Labute approximate surface area is 165 Å². The number of nitrogens with one attached hydrogen (secondary N) is 1. The molecule has 1 N–H and O–H groups in total. The van der Waals surface area contributed by atoms with Crippen molar-refractivity contribution in [2.75, 3.05) is 11.1 Å². The normalized spacial score (nSPS) is 13.2. The summed E-state index contributed by atoms with van der Waals surface area (Å²) in [6.07, 6.45) is 4.64. The van der Waals surface area contributed by atoms with E-state index in [0.29, 0.717) is 11.3 Å². The summed E-state index contributed by atoms with van der Waals surface area (Å²) >= 11 is 3.24. The zero-order valence-electron chi connectivity index (χ0n) is 14.9. The molecule has 0 bridgehead atoms. The van der Waals surface area contributed by atoms with Crippen molar-refractivity contribution in [3.63, 3.8) is 0 Å². The number of fused-ring (bicyclic) bond motifs is 3. The van der Waals surface area contributed by atoms with Crippen LogP contribution in [0.2, 0.25) is 0 Å². The molecule has 0 radical (unpaired) electrons. The summed E-state index contributed by atoms with van der Waals surface area (Å²) in [6, 6.07) is 8.93. The van der Waals surface area contributed by atoms with Crippen molar-refractivity contribution in [3.05, 3.63) is 46.1 Å². The van der Waals surface area contributed by atoms with E-state index in [-0.39, 0.29) is 11.7 Å². The second kappa shape index (κ2) is 7.67. The summed E-state index contributed by atoms with van der Waals surface area (Å²) < 4.78 is 0. The average Bonchev–Trinajstić information content (AvgIpc) is 3.05. The number of benzene rings is 1.